The molecule has 5 amide bonds. The summed E-state index contributed by atoms with van der Waals surface area (Å²) in [4.78, 5) is 63.0. The van der Waals surface area contributed by atoms with Crippen molar-refractivity contribution in [1.29, 1.82) is 0 Å². The van der Waals surface area contributed by atoms with Gasteiger partial charge in [0.05, 0.1) is 23.2 Å². The van der Waals surface area contributed by atoms with Gasteiger partial charge >= 0.3 is 6.09 Å². The number of amides is 5. The Balaban J connectivity index is 1.55. The van der Waals surface area contributed by atoms with Gasteiger partial charge in [0, 0.05) is 18.7 Å². The number of fused-ring (bicyclic) bond motifs is 1. The van der Waals surface area contributed by atoms with Crippen LogP contribution in [0.4, 0.5) is 10.5 Å². The van der Waals surface area contributed by atoms with Crippen molar-refractivity contribution >= 4 is 35.4 Å². The summed E-state index contributed by atoms with van der Waals surface area (Å²) in [5.74, 6) is -2.21. The number of nitrogens with zero attached hydrogens (tertiary/aromatic N) is 2. The van der Waals surface area contributed by atoms with Gasteiger partial charge in [-0.1, -0.05) is 20.8 Å². The summed E-state index contributed by atoms with van der Waals surface area (Å²) >= 11 is 0. The molecule has 3 atom stereocenters. The summed E-state index contributed by atoms with van der Waals surface area (Å²) in [5.41, 5.74) is 0.684. The molecule has 2 saturated heterocycles. The number of rotatable bonds is 3. The quantitative estimate of drug-likeness (QED) is 0.617. The van der Waals surface area contributed by atoms with Crippen LogP contribution < -0.4 is 10.6 Å². The monoisotopic (exact) mass is 428 g/mol. The van der Waals surface area contributed by atoms with Gasteiger partial charge in [0.1, 0.15) is 6.04 Å². The molecule has 0 bridgehead atoms. The number of anilines is 1. The minimum absolute atomic E-state index is 0.0621. The Morgan fingerprint density at radius 1 is 1.13 bits per heavy atom. The Morgan fingerprint density at radius 3 is 2.42 bits per heavy atom. The van der Waals surface area contributed by atoms with Crippen molar-refractivity contribution in [3.05, 3.63) is 29.3 Å². The first-order chi connectivity index (χ1) is 14.5. The molecule has 2 fully saturated rings. The third kappa shape index (κ3) is 3.41. The topological polar surface area (TPSA) is 136 Å². The van der Waals surface area contributed by atoms with Gasteiger partial charge in [-0.05, 0) is 30.0 Å². The summed E-state index contributed by atoms with van der Waals surface area (Å²) < 4.78 is 0. The van der Waals surface area contributed by atoms with Crippen LogP contribution in [0.2, 0.25) is 0 Å². The molecule has 4 rings (SSSR count). The van der Waals surface area contributed by atoms with E-state index in [0.29, 0.717) is 12.2 Å². The summed E-state index contributed by atoms with van der Waals surface area (Å²) in [5, 5.41) is 14.8. The molecular weight excluding hydrogens is 404 g/mol. The Kier molecular flexibility index (Phi) is 4.75. The van der Waals surface area contributed by atoms with Crippen molar-refractivity contribution in [2.75, 3.05) is 11.9 Å². The number of imide groups is 2. The Morgan fingerprint density at radius 2 is 1.81 bits per heavy atom. The van der Waals surface area contributed by atoms with Crippen molar-refractivity contribution in [2.24, 2.45) is 5.41 Å². The van der Waals surface area contributed by atoms with Gasteiger partial charge in [-0.2, -0.15) is 0 Å². The van der Waals surface area contributed by atoms with Gasteiger partial charge < -0.3 is 15.3 Å². The molecule has 164 valence electrons. The molecule has 3 aliphatic rings. The van der Waals surface area contributed by atoms with Gasteiger partial charge in [-0.3, -0.25) is 29.4 Å². The van der Waals surface area contributed by atoms with Gasteiger partial charge in [0.2, 0.25) is 11.8 Å². The molecule has 3 unspecified atom stereocenters. The molecule has 0 aliphatic carbocycles. The van der Waals surface area contributed by atoms with Crippen LogP contribution in [0, 0.1) is 5.41 Å². The molecule has 0 saturated carbocycles. The van der Waals surface area contributed by atoms with E-state index in [1.807, 2.05) is 20.8 Å². The average molecular weight is 428 g/mol. The SMILES string of the molecule is CC(C)(C)C1C(Nc2ccc3c(c2)C(=O)N(C2CCC(=O)NC2=O)C3=O)CN1C(=O)O. The van der Waals surface area contributed by atoms with Crippen molar-refractivity contribution in [3.8, 4) is 0 Å². The van der Waals surface area contributed by atoms with Crippen LogP contribution in [-0.2, 0) is 9.59 Å². The molecule has 1 aromatic rings. The maximum Gasteiger partial charge on any atom is 0.407 e. The van der Waals surface area contributed by atoms with Crippen molar-refractivity contribution in [1.82, 2.24) is 15.1 Å². The van der Waals surface area contributed by atoms with Gasteiger partial charge in [0.25, 0.3) is 11.8 Å². The molecule has 1 aromatic carbocycles. The second-order valence-electron chi connectivity index (χ2n) is 9.20. The Bertz CT molecular complexity index is 1010. The lowest BCUT2D eigenvalue weighted by molar-refractivity contribution is -0.136. The number of hydrogen-bond acceptors (Lipinski definition) is 6. The number of carbonyl (C=O) groups is 5. The van der Waals surface area contributed by atoms with Crippen molar-refractivity contribution in [3.63, 3.8) is 0 Å². The lowest BCUT2D eigenvalue weighted by Gasteiger charge is -2.53. The highest BCUT2D eigenvalue weighted by Gasteiger charge is 2.49. The molecular formula is C21H24N4O6. The van der Waals surface area contributed by atoms with E-state index in [9.17, 15) is 29.1 Å². The average Bonchev–Trinajstić information content (AvgIpc) is 2.87. The third-order valence-corrected chi connectivity index (χ3v) is 6.04. The predicted octanol–water partition coefficient (Wildman–Crippen LogP) is 1.28. The van der Waals surface area contributed by atoms with E-state index in [1.165, 1.54) is 11.0 Å². The number of carboxylic acid groups (broad SMARTS) is 1. The number of piperidine rings is 1. The second-order valence-corrected chi connectivity index (χ2v) is 9.20. The zero-order valence-electron chi connectivity index (χ0n) is 17.5. The maximum absolute atomic E-state index is 12.9. The second kappa shape index (κ2) is 7.07. The zero-order chi connectivity index (χ0) is 22.7. The van der Waals surface area contributed by atoms with Crippen LogP contribution in [0.25, 0.3) is 0 Å². The van der Waals surface area contributed by atoms with Crippen LogP contribution in [0.1, 0.15) is 54.3 Å². The smallest absolute Gasteiger partial charge is 0.407 e. The van der Waals surface area contributed by atoms with Gasteiger partial charge in [-0.15, -0.1) is 0 Å². The van der Waals surface area contributed by atoms with Gasteiger partial charge in [-0.25, -0.2) is 4.79 Å². The van der Waals surface area contributed by atoms with E-state index in [2.05, 4.69) is 10.6 Å². The van der Waals surface area contributed by atoms with E-state index in [1.54, 1.807) is 12.1 Å². The minimum atomic E-state index is -1.01. The van der Waals surface area contributed by atoms with E-state index in [0.717, 1.165) is 4.90 Å². The highest BCUT2D eigenvalue weighted by Crippen LogP contribution is 2.36. The fraction of sp³-hybridized carbons (Fsp3) is 0.476. The Hall–Kier alpha value is -3.43. The number of benzene rings is 1. The molecule has 0 spiro atoms. The van der Waals surface area contributed by atoms with Gasteiger partial charge in [0.15, 0.2) is 0 Å². The predicted molar refractivity (Wildman–Crippen MR) is 108 cm³/mol. The molecule has 10 nitrogen and oxygen atoms in total. The molecule has 10 heteroatoms. The van der Waals surface area contributed by atoms with E-state index < -0.39 is 35.8 Å². The fourth-order valence-electron chi connectivity index (χ4n) is 4.67. The highest BCUT2D eigenvalue weighted by atomic mass is 16.4. The maximum atomic E-state index is 12.9. The summed E-state index contributed by atoms with van der Waals surface area (Å²) in [6.07, 6.45) is -0.818. The highest BCUT2D eigenvalue weighted by molar-refractivity contribution is 6.23. The number of likely N-dealkylation sites (tertiary alicyclic amines) is 1. The normalized spacial score (nSPS) is 25.8. The molecule has 0 aromatic heterocycles. The van der Waals surface area contributed by atoms with Crippen molar-refractivity contribution in [2.45, 2.75) is 51.7 Å². The summed E-state index contributed by atoms with van der Waals surface area (Å²) in [6.45, 7) is 6.20. The molecule has 0 radical (unpaired) electrons. The first kappa shape index (κ1) is 20.8. The van der Waals surface area contributed by atoms with Crippen LogP contribution in [0.15, 0.2) is 18.2 Å². The number of carbonyl (C=O) groups excluding carboxylic acids is 4. The summed E-state index contributed by atoms with van der Waals surface area (Å²) in [7, 11) is 0. The van der Waals surface area contributed by atoms with Crippen LogP contribution in [0.5, 0.6) is 0 Å². The number of nitrogens with one attached hydrogen (secondary N) is 2. The molecule has 3 heterocycles. The van der Waals surface area contributed by atoms with E-state index in [-0.39, 0.29) is 41.5 Å². The molecule has 3 aliphatic heterocycles. The van der Waals surface area contributed by atoms with Crippen LogP contribution in [-0.4, -0.2) is 69.3 Å². The molecule has 31 heavy (non-hydrogen) atoms. The Labute approximate surface area is 178 Å². The van der Waals surface area contributed by atoms with Crippen molar-refractivity contribution < 1.29 is 29.1 Å². The van der Waals surface area contributed by atoms with E-state index >= 15 is 0 Å². The fourth-order valence-corrected chi connectivity index (χ4v) is 4.67. The molecule has 3 N–H and O–H groups in total. The number of hydrogen-bond donors (Lipinski definition) is 3. The minimum Gasteiger partial charge on any atom is -0.465 e. The van der Waals surface area contributed by atoms with Crippen LogP contribution >= 0.6 is 0 Å². The zero-order valence-corrected chi connectivity index (χ0v) is 17.5. The standard InChI is InChI=1S/C21H24N4O6/c1-21(2,3)16-13(9-24(16)20(30)31)22-10-4-5-11-12(8-10)19(29)25(18(11)28)14-6-7-15(26)23-17(14)27/h4-5,8,13-14,16,22H,6-7,9H2,1-3H3,(H,30,31)(H,23,26,27). The first-order valence-electron chi connectivity index (χ1n) is 10.1. The lowest BCUT2D eigenvalue weighted by atomic mass is 9.76. The summed E-state index contributed by atoms with van der Waals surface area (Å²) in [6, 6.07) is 3.35. The third-order valence-electron chi connectivity index (χ3n) is 6.04. The van der Waals surface area contributed by atoms with Crippen LogP contribution in [0.3, 0.4) is 0 Å². The first-order valence-corrected chi connectivity index (χ1v) is 10.1. The lowest BCUT2D eigenvalue weighted by Crippen LogP contribution is -2.69. The van der Waals surface area contributed by atoms with E-state index in [4.69, 9.17) is 0 Å². The largest absolute Gasteiger partial charge is 0.465 e.